The first-order valence-corrected chi connectivity index (χ1v) is 5.07. The van der Waals surface area contributed by atoms with Crippen molar-refractivity contribution in [2.24, 2.45) is 7.05 Å². The average Bonchev–Trinajstić information content (AvgIpc) is 2.58. The zero-order chi connectivity index (χ0) is 10.4. The Labute approximate surface area is 88.5 Å². The number of benzene rings is 1. The third kappa shape index (κ3) is 1.14. The molecule has 0 N–H and O–H groups in total. The van der Waals surface area contributed by atoms with Gasteiger partial charge in [-0.2, -0.15) is 0 Å². The highest BCUT2D eigenvalue weighted by atomic mass is 15.0. The third-order valence-electron chi connectivity index (χ3n) is 2.82. The van der Waals surface area contributed by atoms with Crippen LogP contribution in [0.25, 0.3) is 22.3 Å². The van der Waals surface area contributed by atoms with Crippen LogP contribution in [0, 0.1) is 6.92 Å². The minimum atomic E-state index is 1.05. The Hall–Kier alpha value is -1.83. The lowest BCUT2D eigenvalue weighted by molar-refractivity contribution is 0.893. The molecule has 2 nitrogen and oxygen atoms in total. The summed E-state index contributed by atoms with van der Waals surface area (Å²) in [6.45, 7) is 2.11. The molecule has 1 aromatic rings. The van der Waals surface area contributed by atoms with E-state index in [1.54, 1.807) is 0 Å². The van der Waals surface area contributed by atoms with Gasteiger partial charge in [-0.1, -0.05) is 11.6 Å². The van der Waals surface area contributed by atoms with E-state index in [2.05, 4.69) is 46.8 Å². The van der Waals surface area contributed by atoms with Gasteiger partial charge in [0, 0.05) is 24.2 Å². The van der Waals surface area contributed by atoms with Crippen molar-refractivity contribution in [2.45, 2.75) is 6.92 Å². The minimum Gasteiger partial charge on any atom is -0.336 e. The first kappa shape index (κ1) is 8.48. The fraction of sp³-hybridized carbons (Fsp3) is 0.154. The quantitative estimate of drug-likeness (QED) is 0.540. The van der Waals surface area contributed by atoms with E-state index in [1.165, 1.54) is 16.5 Å². The zero-order valence-electron chi connectivity index (χ0n) is 8.86. The molecule has 2 heterocycles. The number of aryl methyl sites for hydroxylation is 2. The zero-order valence-corrected chi connectivity index (χ0v) is 8.86. The summed E-state index contributed by atoms with van der Waals surface area (Å²) in [7, 11) is 2.03. The largest absolute Gasteiger partial charge is 0.336 e. The lowest BCUT2D eigenvalue weighted by Gasteiger charge is -2.03. The maximum absolute atomic E-state index is 4.62. The molecule has 1 aromatic carbocycles. The predicted octanol–water partition coefficient (Wildman–Crippen LogP) is 2.99. The van der Waals surface area contributed by atoms with Crippen LogP contribution >= 0.6 is 0 Å². The molecule has 0 aliphatic carbocycles. The van der Waals surface area contributed by atoms with Crippen LogP contribution in [-0.2, 0) is 7.05 Å². The van der Waals surface area contributed by atoms with Gasteiger partial charge in [0.15, 0.2) is 0 Å². The van der Waals surface area contributed by atoms with Crippen molar-refractivity contribution in [3.63, 3.8) is 0 Å². The monoisotopic (exact) mass is 196 g/mol. The second-order valence-electron chi connectivity index (χ2n) is 3.99. The topological polar surface area (TPSA) is 17.8 Å². The Kier molecular flexibility index (Phi) is 1.60. The summed E-state index contributed by atoms with van der Waals surface area (Å²) in [5.41, 5.74) is 3.60. The van der Waals surface area contributed by atoms with E-state index in [9.17, 15) is 0 Å². The lowest BCUT2D eigenvalue weighted by atomic mass is 10.1. The van der Waals surface area contributed by atoms with Gasteiger partial charge in [0.2, 0.25) is 0 Å². The van der Waals surface area contributed by atoms with E-state index in [1.807, 2.05) is 13.2 Å². The third-order valence-corrected chi connectivity index (χ3v) is 2.82. The van der Waals surface area contributed by atoms with Crippen LogP contribution in [0.2, 0.25) is 0 Å². The number of hydrogen-bond donors (Lipinski definition) is 0. The molecule has 74 valence electrons. The average molecular weight is 196 g/mol. The highest BCUT2D eigenvalue weighted by Gasteiger charge is 2.12. The SMILES string of the molecule is Cc1ccc2nc3n(C)cccc-3c2c1. The van der Waals surface area contributed by atoms with Crippen LogP contribution in [-0.4, -0.2) is 9.55 Å². The molecule has 0 unspecified atom stereocenters. The first-order valence-electron chi connectivity index (χ1n) is 5.07. The van der Waals surface area contributed by atoms with Gasteiger partial charge in [-0.05, 0) is 31.2 Å². The van der Waals surface area contributed by atoms with Crippen molar-refractivity contribution in [3.8, 4) is 11.4 Å². The molecule has 2 aliphatic rings. The number of pyridine rings is 1. The van der Waals surface area contributed by atoms with Crippen molar-refractivity contribution in [1.82, 2.24) is 9.55 Å². The molecule has 0 aromatic heterocycles. The van der Waals surface area contributed by atoms with Crippen molar-refractivity contribution < 1.29 is 0 Å². The number of nitrogens with zero attached hydrogens (tertiary/aromatic N) is 2. The first-order chi connectivity index (χ1) is 7.25. The maximum Gasteiger partial charge on any atom is 0.140 e. The van der Waals surface area contributed by atoms with Gasteiger partial charge in [-0.15, -0.1) is 0 Å². The van der Waals surface area contributed by atoms with Gasteiger partial charge in [0.05, 0.1) is 5.52 Å². The van der Waals surface area contributed by atoms with E-state index in [-0.39, 0.29) is 0 Å². The van der Waals surface area contributed by atoms with E-state index >= 15 is 0 Å². The molecule has 0 spiro atoms. The molecule has 15 heavy (non-hydrogen) atoms. The summed E-state index contributed by atoms with van der Waals surface area (Å²) >= 11 is 0. The number of fused-ring (bicyclic) bond motifs is 3. The molecule has 2 aliphatic heterocycles. The highest BCUT2D eigenvalue weighted by molar-refractivity contribution is 5.96. The Morgan fingerprint density at radius 2 is 2.07 bits per heavy atom. The maximum atomic E-state index is 4.62. The number of aromatic nitrogens is 2. The van der Waals surface area contributed by atoms with E-state index < -0.39 is 0 Å². The summed E-state index contributed by atoms with van der Waals surface area (Å²) < 4.78 is 2.06. The van der Waals surface area contributed by atoms with E-state index in [0.717, 1.165) is 11.3 Å². The van der Waals surface area contributed by atoms with Gasteiger partial charge < -0.3 is 4.57 Å². The van der Waals surface area contributed by atoms with Crippen LogP contribution in [0.4, 0.5) is 0 Å². The van der Waals surface area contributed by atoms with Gasteiger partial charge in [-0.25, -0.2) is 4.98 Å². The fourth-order valence-corrected chi connectivity index (χ4v) is 2.03. The van der Waals surface area contributed by atoms with Crippen molar-refractivity contribution in [3.05, 3.63) is 42.1 Å². The van der Waals surface area contributed by atoms with Crippen molar-refractivity contribution >= 4 is 10.9 Å². The molecular weight excluding hydrogens is 184 g/mol. The highest BCUT2D eigenvalue weighted by Crippen LogP contribution is 2.30. The Morgan fingerprint density at radius 1 is 1.20 bits per heavy atom. The molecule has 0 atom stereocenters. The second-order valence-corrected chi connectivity index (χ2v) is 3.99. The van der Waals surface area contributed by atoms with Crippen molar-refractivity contribution in [1.29, 1.82) is 0 Å². The molecule has 0 fully saturated rings. The van der Waals surface area contributed by atoms with Gasteiger partial charge >= 0.3 is 0 Å². The Bertz CT molecular complexity index is 607. The van der Waals surface area contributed by atoms with Gasteiger partial charge in [0.1, 0.15) is 5.82 Å². The number of rotatable bonds is 0. The standard InChI is InChI=1S/C13H12N2/c1-9-5-6-12-11(8-9)10-4-3-7-15(2)13(10)14-12/h3-8H,1-2H3. The van der Waals surface area contributed by atoms with Gasteiger partial charge in [-0.3, -0.25) is 0 Å². The molecular formula is C13H12N2. The summed E-state index contributed by atoms with van der Waals surface area (Å²) in [5, 5.41) is 1.25. The number of hydrogen-bond acceptors (Lipinski definition) is 1. The summed E-state index contributed by atoms with van der Waals surface area (Å²) in [6, 6.07) is 10.6. The van der Waals surface area contributed by atoms with E-state index in [4.69, 9.17) is 0 Å². The van der Waals surface area contributed by atoms with Gasteiger partial charge in [0.25, 0.3) is 0 Å². The van der Waals surface area contributed by atoms with E-state index in [0.29, 0.717) is 0 Å². The summed E-state index contributed by atoms with van der Waals surface area (Å²) in [4.78, 5) is 4.62. The summed E-state index contributed by atoms with van der Waals surface area (Å²) in [5.74, 6) is 1.05. The second kappa shape index (κ2) is 2.83. The fourth-order valence-electron chi connectivity index (χ4n) is 2.03. The molecule has 3 rings (SSSR count). The Balaban J connectivity index is 2.50. The molecule has 0 saturated carbocycles. The van der Waals surface area contributed by atoms with Crippen LogP contribution in [0.15, 0.2) is 36.5 Å². The molecule has 0 radical (unpaired) electrons. The van der Waals surface area contributed by atoms with Crippen LogP contribution in [0.3, 0.4) is 0 Å². The smallest absolute Gasteiger partial charge is 0.140 e. The minimum absolute atomic E-state index is 1.05. The van der Waals surface area contributed by atoms with Crippen LogP contribution < -0.4 is 0 Å². The predicted molar refractivity (Wildman–Crippen MR) is 62.1 cm³/mol. The molecule has 0 bridgehead atoms. The lowest BCUT2D eigenvalue weighted by Crippen LogP contribution is -1.94. The molecule has 0 saturated heterocycles. The van der Waals surface area contributed by atoms with Crippen LogP contribution in [0.1, 0.15) is 5.56 Å². The molecule has 0 amide bonds. The molecule has 2 heteroatoms. The normalized spacial score (nSPS) is 11.3. The summed E-state index contributed by atoms with van der Waals surface area (Å²) in [6.07, 6.45) is 2.03. The Morgan fingerprint density at radius 3 is 2.93 bits per heavy atom. The van der Waals surface area contributed by atoms with Crippen molar-refractivity contribution in [2.75, 3.05) is 0 Å². The van der Waals surface area contributed by atoms with Crippen LogP contribution in [0.5, 0.6) is 0 Å².